The summed E-state index contributed by atoms with van der Waals surface area (Å²) in [6.45, 7) is 4.26. The molecule has 2 nitrogen and oxygen atoms in total. The number of hydrogen-bond donors (Lipinski definition) is 2. The van der Waals surface area contributed by atoms with E-state index in [9.17, 15) is 4.39 Å². The average molecular weight is 250 g/mol. The largest absolute Gasteiger partial charge is 0.271 e. The van der Waals surface area contributed by atoms with Crippen LogP contribution in [0.5, 0.6) is 0 Å². The summed E-state index contributed by atoms with van der Waals surface area (Å²) in [7, 11) is 0. The molecule has 1 aromatic carbocycles. The monoisotopic (exact) mass is 250 g/mol. The average Bonchev–Trinajstić information content (AvgIpc) is 2.83. The number of hydrogen-bond acceptors (Lipinski definition) is 2. The minimum absolute atomic E-state index is 0.0808. The van der Waals surface area contributed by atoms with Gasteiger partial charge in [0.2, 0.25) is 0 Å². The van der Waals surface area contributed by atoms with Gasteiger partial charge < -0.3 is 0 Å². The molecular weight excluding hydrogens is 227 g/mol. The summed E-state index contributed by atoms with van der Waals surface area (Å²) in [6, 6.07) is 5.05. The van der Waals surface area contributed by atoms with E-state index in [4.69, 9.17) is 5.84 Å². The van der Waals surface area contributed by atoms with Gasteiger partial charge in [0.25, 0.3) is 0 Å². The molecule has 1 fully saturated rings. The molecule has 18 heavy (non-hydrogen) atoms. The first-order valence-corrected chi connectivity index (χ1v) is 6.87. The molecule has 0 amide bonds. The number of hydrazine groups is 1. The van der Waals surface area contributed by atoms with Crippen molar-refractivity contribution in [3.63, 3.8) is 0 Å². The maximum Gasteiger partial charge on any atom is 0.123 e. The molecule has 0 spiro atoms. The predicted molar refractivity (Wildman–Crippen MR) is 72.3 cm³/mol. The summed E-state index contributed by atoms with van der Waals surface area (Å²) in [6.07, 6.45) is 4.88. The Hall–Kier alpha value is -0.930. The van der Waals surface area contributed by atoms with Gasteiger partial charge >= 0.3 is 0 Å². The van der Waals surface area contributed by atoms with E-state index in [1.807, 2.05) is 13.0 Å². The van der Waals surface area contributed by atoms with Crippen molar-refractivity contribution in [1.82, 2.24) is 5.43 Å². The van der Waals surface area contributed by atoms with Crippen LogP contribution < -0.4 is 11.3 Å². The van der Waals surface area contributed by atoms with Gasteiger partial charge in [0.05, 0.1) is 0 Å². The third-order valence-corrected chi connectivity index (χ3v) is 4.39. The Balaban J connectivity index is 2.20. The molecule has 0 radical (unpaired) electrons. The van der Waals surface area contributed by atoms with Gasteiger partial charge in [-0.2, -0.15) is 0 Å². The Bertz CT molecular complexity index is 405. The van der Waals surface area contributed by atoms with Crippen molar-refractivity contribution in [3.05, 3.63) is 35.1 Å². The quantitative estimate of drug-likeness (QED) is 0.634. The van der Waals surface area contributed by atoms with Crippen molar-refractivity contribution in [1.29, 1.82) is 0 Å². The summed E-state index contributed by atoms with van der Waals surface area (Å²) in [5, 5.41) is 0. The van der Waals surface area contributed by atoms with E-state index in [1.165, 1.54) is 31.7 Å². The highest BCUT2D eigenvalue weighted by atomic mass is 19.1. The van der Waals surface area contributed by atoms with E-state index in [-0.39, 0.29) is 11.9 Å². The molecule has 0 heterocycles. The lowest BCUT2D eigenvalue weighted by molar-refractivity contribution is 0.356. The number of nitrogens with one attached hydrogen (secondary N) is 1. The van der Waals surface area contributed by atoms with Gasteiger partial charge in [-0.3, -0.25) is 11.3 Å². The highest BCUT2D eigenvalue weighted by Gasteiger charge is 2.31. The van der Waals surface area contributed by atoms with Crippen LogP contribution in [-0.2, 0) is 0 Å². The van der Waals surface area contributed by atoms with Crippen molar-refractivity contribution < 1.29 is 4.39 Å². The van der Waals surface area contributed by atoms with Gasteiger partial charge in [0.1, 0.15) is 5.82 Å². The SMILES string of the molecule is CCC1CCC(C(NN)c2cc(F)ccc2C)C1. The summed E-state index contributed by atoms with van der Waals surface area (Å²) >= 11 is 0. The Morgan fingerprint density at radius 1 is 1.44 bits per heavy atom. The molecule has 3 N–H and O–H groups in total. The second-order valence-corrected chi connectivity index (χ2v) is 5.49. The number of aryl methyl sites for hydroxylation is 1. The number of rotatable bonds is 4. The molecule has 100 valence electrons. The molecule has 0 aliphatic heterocycles. The normalized spacial score (nSPS) is 25.3. The zero-order valence-electron chi connectivity index (χ0n) is 11.2. The van der Waals surface area contributed by atoms with Gasteiger partial charge in [-0.05, 0) is 54.9 Å². The fourth-order valence-electron chi connectivity index (χ4n) is 3.21. The minimum atomic E-state index is -0.180. The minimum Gasteiger partial charge on any atom is -0.271 e. The van der Waals surface area contributed by atoms with Crippen molar-refractivity contribution in [2.24, 2.45) is 17.7 Å². The summed E-state index contributed by atoms with van der Waals surface area (Å²) in [5.41, 5.74) is 5.03. The van der Waals surface area contributed by atoms with Gasteiger partial charge in [-0.25, -0.2) is 4.39 Å². The van der Waals surface area contributed by atoms with Crippen LogP contribution in [-0.4, -0.2) is 0 Å². The summed E-state index contributed by atoms with van der Waals surface area (Å²) in [5.74, 6) is 6.87. The highest BCUT2D eigenvalue weighted by Crippen LogP contribution is 2.40. The fourth-order valence-corrected chi connectivity index (χ4v) is 3.21. The lowest BCUT2D eigenvalue weighted by Crippen LogP contribution is -2.33. The van der Waals surface area contributed by atoms with Gasteiger partial charge in [0, 0.05) is 6.04 Å². The second-order valence-electron chi connectivity index (χ2n) is 5.49. The Labute approximate surface area is 109 Å². The maximum absolute atomic E-state index is 13.4. The van der Waals surface area contributed by atoms with Crippen LogP contribution in [0, 0.1) is 24.6 Å². The standard InChI is InChI=1S/C15H23FN2/c1-3-11-5-6-12(8-11)15(18-17)14-9-13(16)7-4-10(14)2/h4,7,9,11-12,15,18H,3,5-6,8,17H2,1-2H3. The number of halogens is 1. The predicted octanol–water partition coefficient (Wildman–Crippen LogP) is 3.46. The molecule has 3 heteroatoms. The molecule has 3 atom stereocenters. The van der Waals surface area contributed by atoms with Gasteiger partial charge in [-0.15, -0.1) is 0 Å². The molecule has 1 aromatic rings. The van der Waals surface area contributed by atoms with E-state index in [0.29, 0.717) is 5.92 Å². The fraction of sp³-hybridized carbons (Fsp3) is 0.600. The Morgan fingerprint density at radius 2 is 2.22 bits per heavy atom. The Morgan fingerprint density at radius 3 is 2.83 bits per heavy atom. The van der Waals surface area contributed by atoms with Crippen LogP contribution in [0.3, 0.4) is 0 Å². The van der Waals surface area contributed by atoms with E-state index in [0.717, 1.165) is 17.0 Å². The first-order chi connectivity index (χ1) is 8.65. The van der Waals surface area contributed by atoms with Crippen molar-refractivity contribution in [2.75, 3.05) is 0 Å². The van der Waals surface area contributed by atoms with E-state index in [1.54, 1.807) is 6.07 Å². The third-order valence-electron chi connectivity index (χ3n) is 4.39. The molecular formula is C15H23FN2. The van der Waals surface area contributed by atoms with Crippen LogP contribution >= 0.6 is 0 Å². The molecule has 0 aromatic heterocycles. The van der Waals surface area contributed by atoms with Crippen LogP contribution in [0.25, 0.3) is 0 Å². The van der Waals surface area contributed by atoms with Gasteiger partial charge in [0.15, 0.2) is 0 Å². The maximum atomic E-state index is 13.4. The van der Waals surface area contributed by atoms with Crippen molar-refractivity contribution in [2.45, 2.75) is 45.6 Å². The van der Waals surface area contributed by atoms with Crippen LogP contribution in [0.1, 0.15) is 49.8 Å². The van der Waals surface area contributed by atoms with Crippen molar-refractivity contribution in [3.8, 4) is 0 Å². The highest BCUT2D eigenvalue weighted by molar-refractivity contribution is 5.30. The molecule has 1 aliphatic carbocycles. The third kappa shape index (κ3) is 2.73. The van der Waals surface area contributed by atoms with E-state index >= 15 is 0 Å². The van der Waals surface area contributed by atoms with E-state index < -0.39 is 0 Å². The molecule has 0 saturated heterocycles. The molecule has 3 unspecified atom stereocenters. The van der Waals surface area contributed by atoms with E-state index in [2.05, 4.69) is 12.3 Å². The van der Waals surface area contributed by atoms with Gasteiger partial charge in [-0.1, -0.05) is 25.8 Å². The first kappa shape index (κ1) is 13.5. The Kier molecular flexibility index (Phi) is 4.36. The smallest absolute Gasteiger partial charge is 0.123 e. The zero-order valence-corrected chi connectivity index (χ0v) is 11.2. The van der Waals surface area contributed by atoms with Crippen molar-refractivity contribution >= 4 is 0 Å². The van der Waals surface area contributed by atoms with Crippen LogP contribution in [0.4, 0.5) is 4.39 Å². The van der Waals surface area contributed by atoms with Crippen LogP contribution in [0.15, 0.2) is 18.2 Å². The topological polar surface area (TPSA) is 38.0 Å². The van der Waals surface area contributed by atoms with Crippen LogP contribution in [0.2, 0.25) is 0 Å². The molecule has 1 saturated carbocycles. The number of benzene rings is 1. The summed E-state index contributed by atoms with van der Waals surface area (Å²) in [4.78, 5) is 0. The molecule has 1 aliphatic rings. The lowest BCUT2D eigenvalue weighted by Gasteiger charge is -2.25. The summed E-state index contributed by atoms with van der Waals surface area (Å²) < 4.78 is 13.4. The zero-order chi connectivity index (χ0) is 13.1. The molecule has 0 bridgehead atoms. The molecule has 2 rings (SSSR count). The number of nitrogens with two attached hydrogens (primary N) is 1. The first-order valence-electron chi connectivity index (χ1n) is 6.87. The lowest BCUT2D eigenvalue weighted by atomic mass is 9.88. The second kappa shape index (κ2) is 5.81.